The Hall–Kier alpha value is -3.66. The third-order valence-corrected chi connectivity index (χ3v) is 6.51. The molecule has 4 rings (SSSR count). The predicted octanol–water partition coefficient (Wildman–Crippen LogP) is 6.60. The summed E-state index contributed by atoms with van der Waals surface area (Å²) in [5, 5.41) is 0.956. The number of aryl methyl sites for hydroxylation is 2. The van der Waals surface area contributed by atoms with Crippen LogP contribution in [-0.4, -0.2) is 10.9 Å². The molecule has 1 amide bonds. The summed E-state index contributed by atoms with van der Waals surface area (Å²) in [5.41, 5.74) is 7.00. The van der Waals surface area contributed by atoms with Crippen molar-refractivity contribution in [3.05, 3.63) is 110 Å². The fraction of sp³-hybridized carbons (Fsp3) is 0.267. The Kier molecular flexibility index (Phi) is 6.18. The van der Waals surface area contributed by atoms with Crippen LogP contribution in [0.3, 0.4) is 0 Å². The van der Waals surface area contributed by atoms with Gasteiger partial charge in [0.25, 0.3) is 11.5 Å². The van der Waals surface area contributed by atoms with E-state index in [9.17, 15) is 9.59 Å². The molecule has 34 heavy (non-hydrogen) atoms. The molecular weight excluding hydrogens is 420 g/mol. The van der Waals surface area contributed by atoms with E-state index in [0.29, 0.717) is 11.1 Å². The van der Waals surface area contributed by atoms with Crippen LogP contribution in [0.15, 0.2) is 71.5 Å². The molecule has 0 aliphatic carbocycles. The maximum Gasteiger partial charge on any atom is 0.258 e. The standard InChI is InChI=1S/C30H32N2O2/c1-19-10-15-26-23(16-19)17-24(28(33)31-26)18-32(27-9-7-8-20(2)21(27)3)29(34)22-11-13-25(14-12-22)30(4,5)6/h7-17H,18H2,1-6H3,(H,31,33). The molecule has 0 unspecified atom stereocenters. The number of benzene rings is 3. The smallest absolute Gasteiger partial charge is 0.258 e. The summed E-state index contributed by atoms with van der Waals surface area (Å²) in [6.07, 6.45) is 0. The van der Waals surface area contributed by atoms with E-state index >= 15 is 0 Å². The number of anilines is 1. The largest absolute Gasteiger partial charge is 0.322 e. The molecule has 0 saturated heterocycles. The molecule has 0 atom stereocenters. The van der Waals surface area contributed by atoms with Crippen LogP contribution in [0.25, 0.3) is 10.9 Å². The van der Waals surface area contributed by atoms with Gasteiger partial charge >= 0.3 is 0 Å². The van der Waals surface area contributed by atoms with Crippen LogP contribution in [0.4, 0.5) is 5.69 Å². The van der Waals surface area contributed by atoms with Crippen molar-refractivity contribution >= 4 is 22.5 Å². The number of nitrogens with one attached hydrogen (secondary N) is 1. The van der Waals surface area contributed by atoms with Gasteiger partial charge < -0.3 is 9.88 Å². The second kappa shape index (κ2) is 8.94. The van der Waals surface area contributed by atoms with E-state index in [4.69, 9.17) is 0 Å². The lowest BCUT2D eigenvalue weighted by atomic mass is 9.86. The average Bonchev–Trinajstić information content (AvgIpc) is 2.79. The number of aromatic amines is 1. The van der Waals surface area contributed by atoms with E-state index in [-0.39, 0.29) is 23.4 Å². The van der Waals surface area contributed by atoms with E-state index in [1.165, 1.54) is 5.56 Å². The molecule has 0 saturated carbocycles. The summed E-state index contributed by atoms with van der Waals surface area (Å²) in [6, 6.07) is 21.6. The van der Waals surface area contributed by atoms with Crippen LogP contribution in [0.1, 0.15) is 58.9 Å². The van der Waals surface area contributed by atoms with Crippen LogP contribution in [0.2, 0.25) is 0 Å². The zero-order valence-electron chi connectivity index (χ0n) is 20.8. The number of fused-ring (bicyclic) bond motifs is 1. The van der Waals surface area contributed by atoms with Crippen LogP contribution in [0.5, 0.6) is 0 Å². The van der Waals surface area contributed by atoms with Gasteiger partial charge in [0.15, 0.2) is 0 Å². The highest BCUT2D eigenvalue weighted by atomic mass is 16.2. The topological polar surface area (TPSA) is 53.2 Å². The predicted molar refractivity (Wildman–Crippen MR) is 141 cm³/mol. The minimum atomic E-state index is -0.178. The highest BCUT2D eigenvalue weighted by Gasteiger charge is 2.23. The molecule has 4 heteroatoms. The number of aromatic nitrogens is 1. The Labute approximate surface area is 201 Å². The molecule has 1 N–H and O–H groups in total. The van der Waals surface area contributed by atoms with E-state index in [0.717, 1.165) is 33.3 Å². The summed E-state index contributed by atoms with van der Waals surface area (Å²) in [4.78, 5) is 31.5. The Bertz CT molecular complexity index is 1420. The lowest BCUT2D eigenvalue weighted by Gasteiger charge is -2.26. The first-order valence-corrected chi connectivity index (χ1v) is 11.7. The summed E-state index contributed by atoms with van der Waals surface area (Å²) in [5.74, 6) is -0.127. The fourth-order valence-electron chi connectivity index (χ4n) is 4.22. The van der Waals surface area contributed by atoms with Crippen molar-refractivity contribution < 1.29 is 4.79 Å². The van der Waals surface area contributed by atoms with E-state index in [1.54, 1.807) is 4.90 Å². The second-order valence-corrected chi connectivity index (χ2v) is 10.2. The molecule has 0 fully saturated rings. The van der Waals surface area contributed by atoms with Gasteiger partial charge in [-0.15, -0.1) is 0 Å². The Morgan fingerprint density at radius 2 is 1.62 bits per heavy atom. The van der Waals surface area contributed by atoms with Gasteiger partial charge in [0.1, 0.15) is 0 Å². The van der Waals surface area contributed by atoms with Crippen molar-refractivity contribution in [2.24, 2.45) is 0 Å². The van der Waals surface area contributed by atoms with Crippen LogP contribution < -0.4 is 10.5 Å². The van der Waals surface area contributed by atoms with Gasteiger partial charge in [0.05, 0.1) is 6.54 Å². The summed E-state index contributed by atoms with van der Waals surface area (Å²) in [6.45, 7) is 12.7. The summed E-state index contributed by atoms with van der Waals surface area (Å²) < 4.78 is 0. The lowest BCUT2D eigenvalue weighted by Crippen LogP contribution is -2.33. The van der Waals surface area contributed by atoms with Crippen molar-refractivity contribution in [2.45, 2.75) is 53.5 Å². The highest BCUT2D eigenvalue weighted by molar-refractivity contribution is 6.06. The van der Waals surface area contributed by atoms with Crippen molar-refractivity contribution in [1.29, 1.82) is 0 Å². The zero-order chi connectivity index (χ0) is 24.6. The molecular formula is C30H32N2O2. The quantitative estimate of drug-likeness (QED) is 0.379. The molecule has 4 aromatic rings. The molecule has 1 aromatic heterocycles. The Morgan fingerprint density at radius 3 is 2.29 bits per heavy atom. The number of pyridine rings is 1. The minimum Gasteiger partial charge on any atom is -0.322 e. The Morgan fingerprint density at radius 1 is 0.912 bits per heavy atom. The number of carbonyl (C=O) groups excluding carboxylic acids is 1. The number of H-pyrrole nitrogens is 1. The first kappa shape index (κ1) is 23.5. The van der Waals surface area contributed by atoms with Gasteiger partial charge in [0, 0.05) is 22.3 Å². The fourth-order valence-corrected chi connectivity index (χ4v) is 4.22. The van der Waals surface area contributed by atoms with Crippen molar-refractivity contribution in [3.63, 3.8) is 0 Å². The number of amides is 1. The monoisotopic (exact) mass is 452 g/mol. The molecule has 3 aromatic carbocycles. The molecule has 174 valence electrons. The zero-order valence-corrected chi connectivity index (χ0v) is 20.8. The van der Waals surface area contributed by atoms with Gasteiger partial charge in [-0.2, -0.15) is 0 Å². The number of hydrogen-bond donors (Lipinski definition) is 1. The van der Waals surface area contributed by atoms with Gasteiger partial charge in [-0.1, -0.05) is 56.7 Å². The van der Waals surface area contributed by atoms with Crippen LogP contribution >= 0.6 is 0 Å². The molecule has 0 aliphatic heterocycles. The van der Waals surface area contributed by atoms with Crippen molar-refractivity contribution in [1.82, 2.24) is 4.98 Å². The molecule has 1 heterocycles. The first-order chi connectivity index (χ1) is 16.0. The molecule has 0 radical (unpaired) electrons. The van der Waals surface area contributed by atoms with Crippen molar-refractivity contribution in [2.75, 3.05) is 4.90 Å². The lowest BCUT2D eigenvalue weighted by molar-refractivity contribution is 0.0985. The number of rotatable bonds is 4. The molecule has 0 aliphatic rings. The first-order valence-electron chi connectivity index (χ1n) is 11.7. The normalized spacial score (nSPS) is 11.6. The number of carbonyl (C=O) groups is 1. The molecule has 4 nitrogen and oxygen atoms in total. The highest BCUT2D eigenvalue weighted by Crippen LogP contribution is 2.28. The van der Waals surface area contributed by atoms with Crippen LogP contribution in [-0.2, 0) is 12.0 Å². The van der Waals surface area contributed by atoms with E-state index in [2.05, 4.69) is 25.8 Å². The Balaban J connectivity index is 1.80. The number of nitrogens with zero attached hydrogens (tertiary/aromatic N) is 1. The van der Waals surface area contributed by atoms with Crippen LogP contribution in [0, 0.1) is 20.8 Å². The molecule has 0 spiro atoms. The van der Waals surface area contributed by atoms with E-state index in [1.807, 2.05) is 87.5 Å². The average molecular weight is 453 g/mol. The summed E-state index contributed by atoms with van der Waals surface area (Å²) >= 11 is 0. The maximum atomic E-state index is 13.8. The second-order valence-electron chi connectivity index (χ2n) is 10.2. The SMILES string of the molecule is Cc1ccc2[nH]c(=O)c(CN(C(=O)c3ccc(C(C)(C)C)cc3)c3cccc(C)c3C)cc2c1. The third-order valence-electron chi connectivity index (χ3n) is 6.51. The summed E-state index contributed by atoms with van der Waals surface area (Å²) in [7, 11) is 0. The maximum absolute atomic E-state index is 13.8. The third kappa shape index (κ3) is 4.67. The van der Waals surface area contributed by atoms with E-state index < -0.39 is 0 Å². The van der Waals surface area contributed by atoms with Gasteiger partial charge in [0.2, 0.25) is 0 Å². The van der Waals surface area contributed by atoms with Gasteiger partial charge in [-0.3, -0.25) is 9.59 Å². The molecule has 0 bridgehead atoms. The van der Waals surface area contributed by atoms with Gasteiger partial charge in [-0.25, -0.2) is 0 Å². The minimum absolute atomic E-state index is 0.00488. The number of hydrogen-bond acceptors (Lipinski definition) is 2. The van der Waals surface area contributed by atoms with Crippen molar-refractivity contribution in [3.8, 4) is 0 Å². The van der Waals surface area contributed by atoms with Gasteiger partial charge in [-0.05, 0) is 84.7 Å².